The fraction of sp³-hybridized carbons (Fsp3) is 0.400. The average molecular weight is 228 g/mol. The SMILES string of the molecule is COCCCOc1cc(B(O)O)ccc1F. The van der Waals surface area contributed by atoms with Crippen molar-refractivity contribution in [2.24, 2.45) is 0 Å². The van der Waals surface area contributed by atoms with Gasteiger partial charge in [-0.3, -0.25) is 0 Å². The molecular formula is C10H14BFO4. The predicted octanol–water partition coefficient (Wildman–Crippen LogP) is -0.0792. The molecule has 0 aromatic heterocycles. The van der Waals surface area contributed by atoms with E-state index in [1.54, 1.807) is 7.11 Å². The first kappa shape index (κ1) is 13.0. The predicted molar refractivity (Wildman–Crippen MR) is 58.2 cm³/mol. The van der Waals surface area contributed by atoms with Gasteiger partial charge >= 0.3 is 7.12 Å². The van der Waals surface area contributed by atoms with Gasteiger partial charge in [-0.2, -0.15) is 0 Å². The van der Waals surface area contributed by atoms with Gasteiger partial charge in [0.2, 0.25) is 0 Å². The lowest BCUT2D eigenvalue weighted by molar-refractivity contribution is 0.170. The number of rotatable bonds is 6. The number of benzene rings is 1. The Balaban J connectivity index is 2.60. The summed E-state index contributed by atoms with van der Waals surface area (Å²) in [5.74, 6) is -0.511. The van der Waals surface area contributed by atoms with Crippen LogP contribution in [0, 0.1) is 5.82 Å². The van der Waals surface area contributed by atoms with Crippen LogP contribution in [0.5, 0.6) is 5.75 Å². The number of methoxy groups -OCH3 is 1. The van der Waals surface area contributed by atoms with E-state index in [0.717, 1.165) is 6.07 Å². The van der Waals surface area contributed by atoms with Crippen LogP contribution in [0.15, 0.2) is 18.2 Å². The highest BCUT2D eigenvalue weighted by atomic mass is 19.1. The summed E-state index contributed by atoms with van der Waals surface area (Å²) in [4.78, 5) is 0. The molecule has 16 heavy (non-hydrogen) atoms. The molecule has 0 unspecified atom stereocenters. The minimum absolute atomic E-state index is 0.0155. The van der Waals surface area contributed by atoms with Crippen molar-refractivity contribution in [2.45, 2.75) is 6.42 Å². The molecule has 0 fully saturated rings. The molecule has 0 saturated carbocycles. The third-order valence-corrected chi connectivity index (χ3v) is 2.00. The Hall–Kier alpha value is -1.11. The van der Waals surface area contributed by atoms with Gasteiger partial charge in [-0.25, -0.2) is 4.39 Å². The molecule has 0 amide bonds. The maximum Gasteiger partial charge on any atom is 0.488 e. The Labute approximate surface area is 93.8 Å². The lowest BCUT2D eigenvalue weighted by Gasteiger charge is -2.08. The zero-order valence-corrected chi connectivity index (χ0v) is 9.02. The molecule has 0 aliphatic rings. The van der Waals surface area contributed by atoms with Crippen molar-refractivity contribution in [3.05, 3.63) is 24.0 Å². The highest BCUT2D eigenvalue weighted by Crippen LogP contribution is 2.14. The van der Waals surface area contributed by atoms with E-state index in [1.165, 1.54) is 12.1 Å². The topological polar surface area (TPSA) is 58.9 Å². The van der Waals surface area contributed by atoms with Crippen molar-refractivity contribution in [1.29, 1.82) is 0 Å². The molecule has 1 aromatic carbocycles. The monoisotopic (exact) mass is 228 g/mol. The quantitative estimate of drug-likeness (QED) is 0.528. The summed E-state index contributed by atoms with van der Waals surface area (Å²) in [6, 6.07) is 3.70. The fourth-order valence-corrected chi connectivity index (χ4v) is 1.18. The van der Waals surface area contributed by atoms with Crippen LogP contribution in [0.2, 0.25) is 0 Å². The van der Waals surface area contributed by atoms with Gasteiger partial charge in [0.25, 0.3) is 0 Å². The van der Waals surface area contributed by atoms with Crippen molar-refractivity contribution in [3.63, 3.8) is 0 Å². The van der Waals surface area contributed by atoms with Gasteiger partial charge in [0.15, 0.2) is 11.6 Å². The van der Waals surface area contributed by atoms with Crippen LogP contribution < -0.4 is 10.2 Å². The molecule has 1 rings (SSSR count). The second-order valence-corrected chi connectivity index (χ2v) is 3.26. The largest absolute Gasteiger partial charge is 0.490 e. The minimum atomic E-state index is -1.62. The van der Waals surface area contributed by atoms with Crippen molar-refractivity contribution in [2.75, 3.05) is 20.3 Å². The first-order chi connectivity index (χ1) is 7.65. The van der Waals surface area contributed by atoms with E-state index in [-0.39, 0.29) is 11.2 Å². The smallest absolute Gasteiger partial charge is 0.488 e. The first-order valence-corrected chi connectivity index (χ1v) is 4.92. The Morgan fingerprint density at radius 2 is 2.06 bits per heavy atom. The molecule has 6 heteroatoms. The van der Waals surface area contributed by atoms with E-state index < -0.39 is 12.9 Å². The molecule has 0 saturated heterocycles. The van der Waals surface area contributed by atoms with Crippen LogP contribution in [-0.2, 0) is 4.74 Å². The maximum atomic E-state index is 13.2. The van der Waals surface area contributed by atoms with Crippen molar-refractivity contribution in [1.82, 2.24) is 0 Å². The zero-order valence-electron chi connectivity index (χ0n) is 9.02. The Morgan fingerprint density at radius 1 is 1.31 bits per heavy atom. The summed E-state index contributed by atoms with van der Waals surface area (Å²) in [6.07, 6.45) is 0.641. The van der Waals surface area contributed by atoms with Crippen LogP contribution in [0.3, 0.4) is 0 Å². The normalized spacial score (nSPS) is 10.2. The molecule has 2 N–H and O–H groups in total. The van der Waals surface area contributed by atoms with Crippen molar-refractivity contribution < 1.29 is 23.9 Å². The highest BCUT2D eigenvalue weighted by Gasteiger charge is 2.14. The third kappa shape index (κ3) is 3.81. The van der Waals surface area contributed by atoms with Gasteiger partial charge in [0.05, 0.1) is 6.61 Å². The highest BCUT2D eigenvalue weighted by molar-refractivity contribution is 6.58. The molecule has 1 aromatic rings. The molecule has 0 heterocycles. The van der Waals surface area contributed by atoms with Gasteiger partial charge in [0.1, 0.15) is 0 Å². The maximum absolute atomic E-state index is 13.2. The van der Waals surface area contributed by atoms with E-state index in [2.05, 4.69) is 0 Å². The Morgan fingerprint density at radius 3 is 2.69 bits per heavy atom. The molecule has 4 nitrogen and oxygen atoms in total. The standard InChI is InChI=1S/C10H14BFO4/c1-15-5-2-6-16-10-7-8(11(13)14)3-4-9(10)12/h3-4,7,13-14H,2,5-6H2,1H3. The molecule has 0 bridgehead atoms. The van der Waals surface area contributed by atoms with Gasteiger partial charge in [0, 0.05) is 20.1 Å². The Kier molecular flexibility index (Phi) is 5.24. The van der Waals surface area contributed by atoms with E-state index in [0.29, 0.717) is 19.6 Å². The van der Waals surface area contributed by atoms with Crippen LogP contribution in [0.25, 0.3) is 0 Å². The Bertz CT molecular complexity index is 333. The fourth-order valence-electron chi connectivity index (χ4n) is 1.18. The minimum Gasteiger partial charge on any atom is -0.490 e. The number of hydrogen-bond donors (Lipinski definition) is 2. The number of ether oxygens (including phenoxy) is 2. The van der Waals surface area contributed by atoms with Crippen molar-refractivity contribution in [3.8, 4) is 5.75 Å². The van der Waals surface area contributed by atoms with Gasteiger partial charge < -0.3 is 19.5 Å². The summed E-state index contributed by atoms with van der Waals surface area (Å²) >= 11 is 0. The molecular weight excluding hydrogens is 214 g/mol. The third-order valence-electron chi connectivity index (χ3n) is 2.00. The molecule has 0 aliphatic carbocycles. The number of hydrogen-bond acceptors (Lipinski definition) is 4. The summed E-state index contributed by atoms with van der Waals surface area (Å²) in [5, 5.41) is 17.8. The molecule has 88 valence electrons. The van der Waals surface area contributed by atoms with Crippen LogP contribution >= 0.6 is 0 Å². The van der Waals surface area contributed by atoms with Gasteiger partial charge in [-0.05, 0) is 17.6 Å². The van der Waals surface area contributed by atoms with Crippen LogP contribution in [-0.4, -0.2) is 37.5 Å². The first-order valence-electron chi connectivity index (χ1n) is 4.92. The molecule has 0 atom stereocenters. The zero-order chi connectivity index (χ0) is 12.0. The summed E-state index contributed by atoms with van der Waals surface area (Å²) in [6.45, 7) is 0.847. The lowest BCUT2D eigenvalue weighted by Crippen LogP contribution is -2.29. The average Bonchev–Trinajstić information content (AvgIpc) is 2.26. The van der Waals surface area contributed by atoms with E-state index in [4.69, 9.17) is 19.5 Å². The summed E-state index contributed by atoms with van der Waals surface area (Å²) in [7, 11) is -0.0505. The lowest BCUT2D eigenvalue weighted by atomic mass is 9.80. The number of halogens is 1. The molecule has 0 aliphatic heterocycles. The van der Waals surface area contributed by atoms with Gasteiger partial charge in [-0.15, -0.1) is 0 Å². The second-order valence-electron chi connectivity index (χ2n) is 3.26. The van der Waals surface area contributed by atoms with E-state index in [9.17, 15) is 4.39 Å². The van der Waals surface area contributed by atoms with Crippen LogP contribution in [0.1, 0.15) is 6.42 Å². The van der Waals surface area contributed by atoms with E-state index in [1.807, 2.05) is 0 Å². The second kappa shape index (κ2) is 6.47. The summed E-state index contributed by atoms with van der Waals surface area (Å²) < 4.78 is 23.2. The van der Waals surface area contributed by atoms with E-state index >= 15 is 0 Å². The molecule has 0 radical (unpaired) electrons. The molecule has 0 spiro atoms. The van der Waals surface area contributed by atoms with Gasteiger partial charge in [-0.1, -0.05) is 6.07 Å². The van der Waals surface area contributed by atoms with Crippen LogP contribution in [0.4, 0.5) is 4.39 Å². The summed E-state index contributed by atoms with van der Waals surface area (Å²) in [5.41, 5.74) is 0.197. The van der Waals surface area contributed by atoms with Crippen molar-refractivity contribution >= 4 is 12.6 Å².